The van der Waals surface area contributed by atoms with Gasteiger partial charge in [-0.05, 0) is 45.3 Å². The molecule has 0 amide bonds. The van der Waals surface area contributed by atoms with Gasteiger partial charge in [-0.3, -0.25) is 4.79 Å². The highest BCUT2D eigenvalue weighted by Gasteiger charge is 2.29. The molecule has 0 saturated carbocycles. The van der Waals surface area contributed by atoms with Crippen LogP contribution in [0.25, 0.3) is 0 Å². The van der Waals surface area contributed by atoms with Crippen LogP contribution >= 0.6 is 0 Å². The second kappa shape index (κ2) is 5.64. The van der Waals surface area contributed by atoms with Crippen LogP contribution in [0.3, 0.4) is 0 Å². The number of esters is 1. The molecule has 1 aliphatic rings. The molecule has 0 bridgehead atoms. The van der Waals surface area contributed by atoms with Gasteiger partial charge in [0.25, 0.3) is 0 Å². The van der Waals surface area contributed by atoms with E-state index in [1.807, 2.05) is 6.92 Å². The van der Waals surface area contributed by atoms with E-state index in [-0.39, 0.29) is 12.0 Å². The van der Waals surface area contributed by atoms with E-state index < -0.39 is 0 Å². The van der Waals surface area contributed by atoms with E-state index >= 15 is 0 Å². The topological polar surface area (TPSA) is 41.6 Å². The van der Waals surface area contributed by atoms with Crippen molar-refractivity contribution < 1.29 is 9.53 Å². The van der Waals surface area contributed by atoms with Gasteiger partial charge in [0.1, 0.15) is 6.04 Å². The molecule has 0 aromatic rings. The Balaban J connectivity index is 2.34. The van der Waals surface area contributed by atoms with Crippen LogP contribution in [0, 0.1) is 5.41 Å². The molecule has 1 fully saturated rings. The summed E-state index contributed by atoms with van der Waals surface area (Å²) in [6.07, 6.45) is 2.37. The Hall–Kier alpha value is -0.610. The van der Waals surface area contributed by atoms with Crippen molar-refractivity contribution >= 4 is 5.97 Å². The summed E-state index contributed by atoms with van der Waals surface area (Å²) in [4.78, 5) is 13.6. The number of nitrogens with zero attached hydrogens (tertiary/aromatic N) is 1. The average molecular weight is 228 g/mol. The van der Waals surface area contributed by atoms with Crippen molar-refractivity contribution in [2.45, 2.75) is 32.7 Å². The van der Waals surface area contributed by atoms with E-state index in [4.69, 9.17) is 4.74 Å². The van der Waals surface area contributed by atoms with Crippen molar-refractivity contribution in [3.8, 4) is 0 Å². The van der Waals surface area contributed by atoms with Crippen LogP contribution < -0.4 is 5.32 Å². The van der Waals surface area contributed by atoms with Crippen LogP contribution in [0.15, 0.2) is 0 Å². The van der Waals surface area contributed by atoms with Crippen molar-refractivity contribution in [2.75, 3.05) is 33.8 Å². The van der Waals surface area contributed by atoms with Gasteiger partial charge in [-0.2, -0.15) is 0 Å². The number of methoxy groups -OCH3 is 1. The first-order chi connectivity index (χ1) is 7.47. The van der Waals surface area contributed by atoms with Crippen molar-refractivity contribution in [1.82, 2.24) is 10.2 Å². The van der Waals surface area contributed by atoms with Gasteiger partial charge in [0.2, 0.25) is 0 Å². The van der Waals surface area contributed by atoms with E-state index in [1.54, 1.807) is 0 Å². The molecule has 1 unspecified atom stereocenters. The van der Waals surface area contributed by atoms with Gasteiger partial charge in [0.05, 0.1) is 7.11 Å². The molecule has 0 radical (unpaired) electrons. The number of carbonyl (C=O) groups excluding carboxylic acids is 1. The van der Waals surface area contributed by atoms with Crippen LogP contribution in [0.1, 0.15) is 26.7 Å². The highest BCUT2D eigenvalue weighted by Crippen LogP contribution is 2.29. The third kappa shape index (κ3) is 3.76. The smallest absolute Gasteiger partial charge is 0.322 e. The summed E-state index contributed by atoms with van der Waals surface area (Å²) in [7, 11) is 3.59. The minimum absolute atomic E-state index is 0.184. The largest absolute Gasteiger partial charge is 0.468 e. The molecule has 94 valence electrons. The first kappa shape index (κ1) is 13.5. The predicted octanol–water partition coefficient (Wildman–Crippen LogP) is 0.869. The van der Waals surface area contributed by atoms with Crippen molar-refractivity contribution in [3.05, 3.63) is 0 Å². The second-order valence-electron chi connectivity index (χ2n) is 5.24. The van der Waals surface area contributed by atoms with E-state index in [9.17, 15) is 4.79 Å². The molecule has 1 saturated heterocycles. The number of likely N-dealkylation sites (tertiary alicyclic amines) is 1. The molecule has 0 spiro atoms. The molecule has 1 N–H and O–H groups in total. The molecular weight excluding hydrogens is 204 g/mol. The third-order valence-corrected chi connectivity index (χ3v) is 3.58. The minimum Gasteiger partial charge on any atom is -0.468 e. The first-order valence-electron chi connectivity index (χ1n) is 5.97. The van der Waals surface area contributed by atoms with E-state index in [0.29, 0.717) is 5.41 Å². The van der Waals surface area contributed by atoms with Crippen LogP contribution in [0.2, 0.25) is 0 Å². The summed E-state index contributed by atoms with van der Waals surface area (Å²) < 4.78 is 4.69. The van der Waals surface area contributed by atoms with Gasteiger partial charge in [-0.25, -0.2) is 0 Å². The lowest BCUT2D eigenvalue weighted by Gasteiger charge is -2.38. The zero-order chi connectivity index (χ0) is 12.2. The summed E-state index contributed by atoms with van der Waals surface area (Å²) in [5.41, 5.74) is 0.314. The maximum atomic E-state index is 11.2. The lowest BCUT2D eigenvalue weighted by atomic mass is 9.80. The van der Waals surface area contributed by atoms with E-state index in [0.717, 1.165) is 19.6 Å². The zero-order valence-corrected chi connectivity index (χ0v) is 10.9. The summed E-state index contributed by atoms with van der Waals surface area (Å²) in [5.74, 6) is -0.184. The Kier molecular flexibility index (Phi) is 4.74. The number of carbonyl (C=O) groups is 1. The molecule has 1 atom stereocenters. The standard InChI is InChI=1S/C12H24N2O2/c1-10(11(15)16-4)13-9-12(2)5-7-14(3)8-6-12/h10,13H,5-9H2,1-4H3. The summed E-state index contributed by atoms with van der Waals surface area (Å²) in [5, 5.41) is 3.27. The van der Waals surface area contributed by atoms with Crippen LogP contribution in [0.4, 0.5) is 0 Å². The van der Waals surface area contributed by atoms with Gasteiger partial charge in [0.15, 0.2) is 0 Å². The van der Waals surface area contributed by atoms with E-state index in [1.165, 1.54) is 20.0 Å². The Bertz CT molecular complexity index is 235. The highest BCUT2D eigenvalue weighted by molar-refractivity contribution is 5.75. The molecule has 4 nitrogen and oxygen atoms in total. The second-order valence-corrected chi connectivity index (χ2v) is 5.24. The van der Waals surface area contributed by atoms with E-state index in [2.05, 4.69) is 24.2 Å². The predicted molar refractivity (Wildman–Crippen MR) is 64.3 cm³/mol. The number of hydrogen-bond acceptors (Lipinski definition) is 4. The monoisotopic (exact) mass is 228 g/mol. The molecule has 4 heteroatoms. The lowest BCUT2D eigenvalue weighted by molar-refractivity contribution is -0.142. The number of piperidine rings is 1. The van der Waals surface area contributed by atoms with Crippen molar-refractivity contribution in [1.29, 1.82) is 0 Å². The molecule has 0 aromatic heterocycles. The Morgan fingerprint density at radius 3 is 2.56 bits per heavy atom. The summed E-state index contributed by atoms with van der Waals surface area (Å²) in [6, 6.07) is -0.207. The van der Waals surface area contributed by atoms with Gasteiger partial charge < -0.3 is 15.0 Å². The molecule has 0 aromatic carbocycles. The molecule has 1 aliphatic heterocycles. The maximum absolute atomic E-state index is 11.2. The molecule has 16 heavy (non-hydrogen) atoms. The van der Waals surface area contributed by atoms with Crippen LogP contribution in [0.5, 0.6) is 0 Å². The fourth-order valence-corrected chi connectivity index (χ4v) is 1.99. The molecule has 0 aliphatic carbocycles. The number of nitrogens with one attached hydrogen (secondary N) is 1. The summed E-state index contributed by atoms with van der Waals surface area (Å²) >= 11 is 0. The Morgan fingerprint density at radius 2 is 2.06 bits per heavy atom. The zero-order valence-electron chi connectivity index (χ0n) is 10.9. The minimum atomic E-state index is -0.207. The number of rotatable bonds is 4. The fourth-order valence-electron chi connectivity index (χ4n) is 1.99. The van der Waals surface area contributed by atoms with Crippen molar-refractivity contribution in [3.63, 3.8) is 0 Å². The summed E-state index contributed by atoms with van der Waals surface area (Å²) in [6.45, 7) is 7.31. The normalized spacial score (nSPS) is 22.8. The molecule has 1 rings (SSSR count). The maximum Gasteiger partial charge on any atom is 0.322 e. The van der Waals surface area contributed by atoms with Crippen molar-refractivity contribution in [2.24, 2.45) is 5.41 Å². The third-order valence-electron chi connectivity index (χ3n) is 3.58. The average Bonchev–Trinajstić information content (AvgIpc) is 2.29. The SMILES string of the molecule is COC(=O)C(C)NCC1(C)CCN(C)CC1. The molecular formula is C12H24N2O2. The molecule has 1 heterocycles. The Morgan fingerprint density at radius 1 is 1.50 bits per heavy atom. The van der Waals surface area contributed by atoms with Gasteiger partial charge in [-0.15, -0.1) is 0 Å². The number of ether oxygens (including phenoxy) is 1. The first-order valence-corrected chi connectivity index (χ1v) is 5.97. The van der Waals surface area contributed by atoms with Gasteiger partial charge in [-0.1, -0.05) is 6.92 Å². The fraction of sp³-hybridized carbons (Fsp3) is 0.917. The van der Waals surface area contributed by atoms with Gasteiger partial charge in [0, 0.05) is 6.54 Å². The lowest BCUT2D eigenvalue weighted by Crippen LogP contribution is -2.46. The quantitative estimate of drug-likeness (QED) is 0.725. The van der Waals surface area contributed by atoms with Gasteiger partial charge >= 0.3 is 5.97 Å². The van der Waals surface area contributed by atoms with Crippen LogP contribution in [-0.2, 0) is 9.53 Å². The highest BCUT2D eigenvalue weighted by atomic mass is 16.5. The Labute approximate surface area is 98.3 Å². The number of hydrogen-bond donors (Lipinski definition) is 1. The van der Waals surface area contributed by atoms with Crippen LogP contribution in [-0.4, -0.2) is 50.7 Å².